The SMILES string of the molecule is CC1CCNCC1OCCc1ccccc1[N+](=O)[O-]. The molecule has 5 nitrogen and oxygen atoms in total. The van der Waals surface area contributed by atoms with Gasteiger partial charge in [0, 0.05) is 24.6 Å². The van der Waals surface area contributed by atoms with Crippen LogP contribution in [-0.4, -0.2) is 30.7 Å². The van der Waals surface area contributed by atoms with Gasteiger partial charge in [-0.15, -0.1) is 0 Å². The van der Waals surface area contributed by atoms with Crippen LogP contribution < -0.4 is 5.32 Å². The third kappa shape index (κ3) is 3.75. The molecule has 0 aliphatic carbocycles. The van der Waals surface area contributed by atoms with Gasteiger partial charge in [-0.05, 0) is 18.9 Å². The van der Waals surface area contributed by atoms with E-state index in [9.17, 15) is 10.1 Å². The van der Waals surface area contributed by atoms with Crippen LogP contribution in [0.25, 0.3) is 0 Å². The van der Waals surface area contributed by atoms with Gasteiger partial charge in [-0.1, -0.05) is 25.1 Å². The molecule has 0 aromatic heterocycles. The maximum atomic E-state index is 10.9. The molecule has 2 unspecified atom stereocenters. The summed E-state index contributed by atoms with van der Waals surface area (Å²) < 4.78 is 5.85. The van der Waals surface area contributed by atoms with Gasteiger partial charge in [-0.2, -0.15) is 0 Å². The zero-order valence-corrected chi connectivity index (χ0v) is 11.2. The topological polar surface area (TPSA) is 64.4 Å². The van der Waals surface area contributed by atoms with E-state index in [-0.39, 0.29) is 16.7 Å². The fraction of sp³-hybridized carbons (Fsp3) is 0.571. The van der Waals surface area contributed by atoms with Crippen LogP contribution in [0.1, 0.15) is 18.9 Å². The molecule has 104 valence electrons. The molecule has 0 bridgehead atoms. The molecule has 2 rings (SSSR count). The highest BCUT2D eigenvalue weighted by Gasteiger charge is 2.21. The minimum absolute atomic E-state index is 0.181. The highest BCUT2D eigenvalue weighted by atomic mass is 16.6. The molecule has 1 heterocycles. The van der Waals surface area contributed by atoms with E-state index < -0.39 is 0 Å². The number of hydrogen-bond acceptors (Lipinski definition) is 4. The molecular weight excluding hydrogens is 244 g/mol. The first-order valence-electron chi connectivity index (χ1n) is 6.73. The van der Waals surface area contributed by atoms with Gasteiger partial charge >= 0.3 is 0 Å². The Hall–Kier alpha value is -1.46. The average molecular weight is 264 g/mol. The second-order valence-electron chi connectivity index (χ2n) is 5.02. The van der Waals surface area contributed by atoms with E-state index in [2.05, 4.69) is 12.2 Å². The number of nitro benzene ring substituents is 1. The predicted octanol–water partition coefficient (Wildman–Crippen LogP) is 2.15. The summed E-state index contributed by atoms with van der Waals surface area (Å²) in [5, 5.41) is 14.2. The Bertz CT molecular complexity index is 436. The van der Waals surface area contributed by atoms with Gasteiger partial charge in [0.05, 0.1) is 17.6 Å². The average Bonchev–Trinajstić information content (AvgIpc) is 2.41. The number of nitro groups is 1. The van der Waals surface area contributed by atoms with Crippen LogP contribution in [-0.2, 0) is 11.2 Å². The molecule has 19 heavy (non-hydrogen) atoms. The molecule has 0 saturated carbocycles. The van der Waals surface area contributed by atoms with Crippen molar-refractivity contribution >= 4 is 5.69 Å². The Kier molecular flexibility index (Phi) is 4.87. The van der Waals surface area contributed by atoms with Crippen molar-refractivity contribution in [1.82, 2.24) is 5.32 Å². The lowest BCUT2D eigenvalue weighted by Gasteiger charge is -2.29. The minimum atomic E-state index is -0.333. The second kappa shape index (κ2) is 6.63. The molecule has 2 atom stereocenters. The number of nitrogens with zero attached hydrogens (tertiary/aromatic N) is 1. The van der Waals surface area contributed by atoms with Gasteiger partial charge in [-0.3, -0.25) is 10.1 Å². The summed E-state index contributed by atoms with van der Waals surface area (Å²) in [7, 11) is 0. The van der Waals surface area contributed by atoms with Gasteiger partial charge in [-0.25, -0.2) is 0 Å². The number of piperidine rings is 1. The lowest BCUT2D eigenvalue weighted by atomic mass is 9.97. The molecule has 1 aliphatic rings. The Morgan fingerprint density at radius 1 is 1.47 bits per heavy atom. The number of hydrogen-bond donors (Lipinski definition) is 1. The summed E-state index contributed by atoms with van der Waals surface area (Å²) in [5.74, 6) is 0.548. The first-order valence-corrected chi connectivity index (χ1v) is 6.73. The van der Waals surface area contributed by atoms with Gasteiger partial charge < -0.3 is 10.1 Å². The molecular formula is C14H20N2O3. The van der Waals surface area contributed by atoms with Crippen LogP contribution >= 0.6 is 0 Å². The summed E-state index contributed by atoms with van der Waals surface area (Å²) in [6.45, 7) is 4.64. The van der Waals surface area contributed by atoms with Gasteiger partial charge in [0.2, 0.25) is 0 Å². The smallest absolute Gasteiger partial charge is 0.272 e. The third-order valence-corrected chi connectivity index (χ3v) is 3.65. The highest BCUT2D eigenvalue weighted by Crippen LogP contribution is 2.19. The van der Waals surface area contributed by atoms with E-state index in [0.717, 1.165) is 25.1 Å². The van der Waals surface area contributed by atoms with Crippen molar-refractivity contribution in [3.63, 3.8) is 0 Å². The Labute approximate surface area is 113 Å². The molecule has 0 radical (unpaired) electrons. The summed E-state index contributed by atoms with van der Waals surface area (Å²) >= 11 is 0. The van der Waals surface area contributed by atoms with E-state index in [4.69, 9.17) is 4.74 Å². The summed E-state index contributed by atoms with van der Waals surface area (Å²) in [6.07, 6.45) is 1.92. The van der Waals surface area contributed by atoms with Crippen molar-refractivity contribution in [2.75, 3.05) is 19.7 Å². The van der Waals surface area contributed by atoms with Crippen molar-refractivity contribution < 1.29 is 9.66 Å². The molecule has 0 amide bonds. The van der Waals surface area contributed by atoms with E-state index in [1.165, 1.54) is 0 Å². The molecule has 1 fully saturated rings. The number of nitrogens with one attached hydrogen (secondary N) is 1. The number of rotatable bonds is 5. The fourth-order valence-electron chi connectivity index (χ4n) is 2.40. The zero-order chi connectivity index (χ0) is 13.7. The lowest BCUT2D eigenvalue weighted by molar-refractivity contribution is -0.385. The second-order valence-corrected chi connectivity index (χ2v) is 5.02. The zero-order valence-electron chi connectivity index (χ0n) is 11.2. The molecule has 1 saturated heterocycles. The van der Waals surface area contributed by atoms with Crippen molar-refractivity contribution in [3.05, 3.63) is 39.9 Å². The predicted molar refractivity (Wildman–Crippen MR) is 73.2 cm³/mol. The van der Waals surface area contributed by atoms with Crippen LogP contribution in [0.4, 0.5) is 5.69 Å². The van der Waals surface area contributed by atoms with E-state index >= 15 is 0 Å². The number of ether oxygens (including phenoxy) is 1. The number of benzene rings is 1. The normalized spacial score (nSPS) is 23.2. The van der Waals surface area contributed by atoms with E-state index in [0.29, 0.717) is 18.9 Å². The van der Waals surface area contributed by atoms with Crippen LogP contribution in [0.15, 0.2) is 24.3 Å². The van der Waals surface area contributed by atoms with Crippen molar-refractivity contribution in [3.8, 4) is 0 Å². The molecule has 1 aromatic rings. The van der Waals surface area contributed by atoms with Gasteiger partial charge in [0.15, 0.2) is 0 Å². The maximum Gasteiger partial charge on any atom is 0.272 e. The molecule has 0 spiro atoms. The Morgan fingerprint density at radius 2 is 2.26 bits per heavy atom. The van der Waals surface area contributed by atoms with Crippen LogP contribution in [0.2, 0.25) is 0 Å². The molecule has 1 N–H and O–H groups in total. The Balaban J connectivity index is 1.87. The van der Waals surface area contributed by atoms with Crippen molar-refractivity contribution in [2.24, 2.45) is 5.92 Å². The van der Waals surface area contributed by atoms with Crippen molar-refractivity contribution in [1.29, 1.82) is 0 Å². The van der Waals surface area contributed by atoms with Crippen molar-refractivity contribution in [2.45, 2.75) is 25.9 Å². The minimum Gasteiger partial charge on any atom is -0.376 e. The molecule has 5 heteroatoms. The monoisotopic (exact) mass is 264 g/mol. The lowest BCUT2D eigenvalue weighted by Crippen LogP contribution is -2.41. The first-order chi connectivity index (χ1) is 9.18. The highest BCUT2D eigenvalue weighted by molar-refractivity contribution is 5.39. The van der Waals surface area contributed by atoms with Gasteiger partial charge in [0.1, 0.15) is 0 Å². The summed E-state index contributed by atoms with van der Waals surface area (Å²) in [4.78, 5) is 10.6. The Morgan fingerprint density at radius 3 is 3.00 bits per heavy atom. The standard InChI is InChI=1S/C14H20N2O3/c1-11-6-8-15-10-14(11)19-9-7-12-4-2-3-5-13(12)16(17)18/h2-5,11,14-15H,6-10H2,1H3. The van der Waals surface area contributed by atoms with E-state index in [1.54, 1.807) is 18.2 Å². The fourth-order valence-corrected chi connectivity index (χ4v) is 2.40. The largest absolute Gasteiger partial charge is 0.376 e. The van der Waals surface area contributed by atoms with E-state index in [1.807, 2.05) is 6.07 Å². The molecule has 1 aromatic carbocycles. The maximum absolute atomic E-state index is 10.9. The third-order valence-electron chi connectivity index (χ3n) is 3.65. The van der Waals surface area contributed by atoms with Gasteiger partial charge in [0.25, 0.3) is 5.69 Å². The first kappa shape index (κ1) is 14.0. The van der Waals surface area contributed by atoms with Crippen LogP contribution in [0.3, 0.4) is 0 Å². The van der Waals surface area contributed by atoms with Crippen LogP contribution in [0.5, 0.6) is 0 Å². The number of para-hydroxylation sites is 1. The molecule has 1 aliphatic heterocycles. The summed E-state index contributed by atoms with van der Waals surface area (Å²) in [6, 6.07) is 6.85. The quantitative estimate of drug-likeness (QED) is 0.653. The summed E-state index contributed by atoms with van der Waals surface area (Å²) in [5.41, 5.74) is 0.921. The van der Waals surface area contributed by atoms with Crippen LogP contribution in [0, 0.1) is 16.0 Å².